The van der Waals surface area contributed by atoms with Crippen LogP contribution in [0.1, 0.15) is 50.3 Å². The van der Waals surface area contributed by atoms with Gasteiger partial charge >= 0.3 is 0 Å². The smallest absolute Gasteiger partial charge is 0.226 e. The number of nitrogens with zero attached hydrogens (tertiary/aromatic N) is 4. The molecule has 2 fully saturated rings. The van der Waals surface area contributed by atoms with E-state index in [0.29, 0.717) is 19.4 Å². The Bertz CT molecular complexity index is 992. The summed E-state index contributed by atoms with van der Waals surface area (Å²) in [6, 6.07) is 8.36. The summed E-state index contributed by atoms with van der Waals surface area (Å²) in [6.07, 6.45) is 7.69. The van der Waals surface area contributed by atoms with Crippen molar-refractivity contribution in [2.24, 2.45) is 5.92 Å². The van der Waals surface area contributed by atoms with E-state index in [1.807, 2.05) is 41.0 Å². The highest BCUT2D eigenvalue weighted by Crippen LogP contribution is 2.45. The van der Waals surface area contributed by atoms with Crippen molar-refractivity contribution in [1.29, 1.82) is 0 Å². The van der Waals surface area contributed by atoms with Crippen LogP contribution in [0, 0.1) is 5.92 Å². The van der Waals surface area contributed by atoms with Crippen molar-refractivity contribution < 1.29 is 19.4 Å². The highest BCUT2D eigenvalue weighted by Gasteiger charge is 2.49. The van der Waals surface area contributed by atoms with E-state index >= 15 is 0 Å². The number of benzene rings is 1. The van der Waals surface area contributed by atoms with E-state index in [2.05, 4.69) is 29.4 Å². The van der Waals surface area contributed by atoms with Crippen molar-refractivity contribution in [1.82, 2.24) is 15.0 Å². The normalized spacial score (nSPS) is 25.4. The average molecular weight is 501 g/mol. The third-order valence-corrected chi connectivity index (χ3v) is 10.1. The summed E-state index contributed by atoms with van der Waals surface area (Å²) in [6.45, 7) is 7.79. The standard InChI is InChI=1S/C26H40N4O4Si/c1-19-23(11-10-20-7-6-8-22(17-20)30-14-5-4-9-25(30)32)34-24(26(19)35(2,3)33)12-15-29-18-21(13-16-31)27-28-29/h6-8,17-19,23-24,26,31,33H,4-5,9-16H2,1-3H3/t19-,23+,24-,26+/m0/s1. The number of carbonyl (C=O) groups is 1. The molecule has 0 saturated carbocycles. The number of aryl methyl sites for hydroxylation is 2. The summed E-state index contributed by atoms with van der Waals surface area (Å²) in [5, 5.41) is 17.4. The molecule has 2 N–H and O–H groups in total. The number of ether oxygens (including phenoxy) is 1. The van der Waals surface area contributed by atoms with Gasteiger partial charge in [0, 0.05) is 50.0 Å². The Morgan fingerprint density at radius 2 is 2.00 bits per heavy atom. The minimum absolute atomic E-state index is 0.00976. The number of aromatic nitrogens is 3. The fourth-order valence-electron chi connectivity index (χ4n) is 5.88. The lowest BCUT2D eigenvalue weighted by molar-refractivity contribution is -0.119. The first-order chi connectivity index (χ1) is 16.8. The quantitative estimate of drug-likeness (QED) is 0.486. The van der Waals surface area contributed by atoms with E-state index in [1.165, 1.54) is 5.56 Å². The Kier molecular flexibility index (Phi) is 8.41. The minimum atomic E-state index is -2.43. The SMILES string of the molecule is C[C@@H]1[C@@H]([Si](C)(C)O)[C@H](CCn2cc(CCO)nn2)O[C@@H]1CCc1cccc(N2CCCCC2=O)c1. The number of rotatable bonds is 10. The van der Waals surface area contributed by atoms with E-state index in [4.69, 9.17) is 9.84 Å². The number of carbonyl (C=O) groups excluding carboxylic acids is 1. The number of piperidine rings is 1. The lowest BCUT2D eigenvalue weighted by Gasteiger charge is -2.30. The molecular formula is C26H40N4O4Si. The maximum Gasteiger partial charge on any atom is 0.226 e. The van der Waals surface area contributed by atoms with Gasteiger partial charge in [-0.05, 0) is 68.8 Å². The molecule has 0 spiro atoms. The maximum atomic E-state index is 12.3. The summed E-state index contributed by atoms with van der Waals surface area (Å²) >= 11 is 0. The molecule has 1 amide bonds. The van der Waals surface area contributed by atoms with Gasteiger partial charge in [0.25, 0.3) is 0 Å². The molecule has 4 atom stereocenters. The minimum Gasteiger partial charge on any atom is -0.432 e. The number of hydrogen-bond donors (Lipinski definition) is 2. The molecule has 35 heavy (non-hydrogen) atoms. The number of hydrogen-bond acceptors (Lipinski definition) is 6. The summed E-state index contributed by atoms with van der Waals surface area (Å²) in [5.74, 6) is 0.497. The van der Waals surface area contributed by atoms with Gasteiger partial charge in [0.05, 0.1) is 17.9 Å². The van der Waals surface area contributed by atoms with E-state index in [1.54, 1.807) is 0 Å². The van der Waals surface area contributed by atoms with Gasteiger partial charge in [0.15, 0.2) is 8.32 Å². The highest BCUT2D eigenvalue weighted by atomic mass is 28.4. The van der Waals surface area contributed by atoms with Crippen LogP contribution in [0.5, 0.6) is 0 Å². The molecule has 1 aromatic heterocycles. The van der Waals surface area contributed by atoms with Crippen LogP contribution in [0.3, 0.4) is 0 Å². The zero-order valence-corrected chi connectivity index (χ0v) is 22.3. The molecule has 2 aliphatic heterocycles. The first kappa shape index (κ1) is 26.0. The molecule has 1 aromatic carbocycles. The monoisotopic (exact) mass is 500 g/mol. The zero-order valence-electron chi connectivity index (χ0n) is 21.3. The predicted molar refractivity (Wildman–Crippen MR) is 138 cm³/mol. The topological polar surface area (TPSA) is 101 Å². The fourth-order valence-corrected chi connectivity index (χ4v) is 8.54. The molecule has 0 bridgehead atoms. The average Bonchev–Trinajstić information content (AvgIpc) is 3.40. The molecule has 192 valence electrons. The Labute approximate surface area is 209 Å². The molecule has 0 radical (unpaired) electrons. The van der Waals surface area contributed by atoms with Gasteiger partial charge < -0.3 is 19.5 Å². The first-order valence-electron chi connectivity index (χ1n) is 13.0. The van der Waals surface area contributed by atoms with Gasteiger partial charge in [-0.15, -0.1) is 5.10 Å². The molecular weight excluding hydrogens is 460 g/mol. The maximum absolute atomic E-state index is 12.3. The third-order valence-electron chi connectivity index (χ3n) is 7.58. The summed E-state index contributed by atoms with van der Waals surface area (Å²) in [4.78, 5) is 25.4. The number of anilines is 1. The molecule has 2 saturated heterocycles. The summed E-state index contributed by atoms with van der Waals surface area (Å²) < 4.78 is 8.39. The molecule has 3 heterocycles. The lowest BCUT2D eigenvalue weighted by atomic mass is 9.95. The number of aliphatic hydroxyl groups excluding tert-OH is 1. The second-order valence-electron chi connectivity index (χ2n) is 10.7. The van der Waals surface area contributed by atoms with Crippen LogP contribution in [-0.2, 0) is 28.9 Å². The highest BCUT2D eigenvalue weighted by molar-refractivity contribution is 6.71. The Morgan fingerprint density at radius 3 is 2.74 bits per heavy atom. The molecule has 8 nitrogen and oxygen atoms in total. The van der Waals surface area contributed by atoms with Crippen LogP contribution in [-0.4, -0.2) is 64.5 Å². The van der Waals surface area contributed by atoms with Crippen molar-refractivity contribution in [2.45, 2.75) is 89.3 Å². The van der Waals surface area contributed by atoms with Crippen LogP contribution < -0.4 is 4.90 Å². The van der Waals surface area contributed by atoms with Crippen LogP contribution in [0.2, 0.25) is 18.6 Å². The van der Waals surface area contributed by atoms with Crippen LogP contribution in [0.4, 0.5) is 5.69 Å². The molecule has 0 aliphatic carbocycles. The third kappa shape index (κ3) is 6.38. The molecule has 9 heteroatoms. The van der Waals surface area contributed by atoms with E-state index in [9.17, 15) is 9.59 Å². The Balaban J connectivity index is 1.38. The largest absolute Gasteiger partial charge is 0.432 e. The Hall–Kier alpha value is -2.07. The van der Waals surface area contributed by atoms with Gasteiger partial charge in [-0.25, -0.2) is 0 Å². The fraction of sp³-hybridized carbons (Fsp3) is 0.654. The van der Waals surface area contributed by atoms with Gasteiger partial charge in [-0.3, -0.25) is 9.48 Å². The van der Waals surface area contributed by atoms with Gasteiger partial charge in [-0.1, -0.05) is 24.3 Å². The van der Waals surface area contributed by atoms with Crippen molar-refractivity contribution in [3.05, 3.63) is 41.7 Å². The van der Waals surface area contributed by atoms with Crippen molar-refractivity contribution in [3.8, 4) is 0 Å². The lowest BCUT2D eigenvalue weighted by Crippen LogP contribution is -2.40. The molecule has 4 rings (SSSR count). The molecule has 2 aromatic rings. The number of aliphatic hydroxyl groups is 1. The van der Waals surface area contributed by atoms with Crippen LogP contribution >= 0.6 is 0 Å². The van der Waals surface area contributed by atoms with E-state index in [0.717, 1.165) is 50.0 Å². The summed E-state index contributed by atoms with van der Waals surface area (Å²) in [7, 11) is -2.43. The second kappa shape index (κ2) is 11.3. The van der Waals surface area contributed by atoms with Crippen molar-refractivity contribution in [2.75, 3.05) is 18.1 Å². The van der Waals surface area contributed by atoms with Crippen molar-refractivity contribution >= 4 is 19.9 Å². The zero-order chi connectivity index (χ0) is 25.0. The van der Waals surface area contributed by atoms with Gasteiger partial charge in [0.1, 0.15) is 0 Å². The van der Waals surface area contributed by atoms with Crippen LogP contribution in [0.25, 0.3) is 0 Å². The second-order valence-corrected chi connectivity index (χ2v) is 14.7. The number of amides is 1. The van der Waals surface area contributed by atoms with Crippen LogP contribution in [0.15, 0.2) is 30.5 Å². The van der Waals surface area contributed by atoms with Crippen molar-refractivity contribution in [3.63, 3.8) is 0 Å². The predicted octanol–water partition coefficient (Wildman–Crippen LogP) is 3.32. The van der Waals surface area contributed by atoms with Gasteiger partial charge in [0.2, 0.25) is 5.91 Å². The van der Waals surface area contributed by atoms with E-state index < -0.39 is 8.32 Å². The molecule has 2 aliphatic rings. The molecule has 0 unspecified atom stereocenters. The van der Waals surface area contributed by atoms with E-state index in [-0.39, 0.29) is 36.2 Å². The summed E-state index contributed by atoms with van der Waals surface area (Å²) in [5.41, 5.74) is 3.16. The first-order valence-corrected chi connectivity index (χ1v) is 16.1. The Morgan fingerprint density at radius 1 is 1.17 bits per heavy atom. The van der Waals surface area contributed by atoms with Gasteiger partial charge in [-0.2, -0.15) is 0 Å².